The molecule has 4 heteroatoms. The highest BCUT2D eigenvalue weighted by atomic mass is 35.5. The Balaban J connectivity index is 2.61. The second-order valence-electron chi connectivity index (χ2n) is 3.91. The molecule has 0 aliphatic heterocycles. The average molecular weight is 241 g/mol. The second-order valence-corrected chi connectivity index (χ2v) is 4.32. The molecule has 0 saturated heterocycles. The Hall–Kier alpha value is -1.35. The van der Waals surface area contributed by atoms with E-state index in [9.17, 15) is 9.18 Å². The third kappa shape index (κ3) is 1.71. The lowest BCUT2D eigenvalue weighted by atomic mass is 10.1. The number of ketones is 1. The van der Waals surface area contributed by atoms with Gasteiger partial charge in [-0.15, -0.1) is 0 Å². The van der Waals surface area contributed by atoms with Gasteiger partial charge in [-0.25, -0.2) is 4.39 Å². The Kier molecular flexibility index (Phi) is 2.72. The molecule has 2 nitrogen and oxygen atoms in total. The van der Waals surface area contributed by atoms with Gasteiger partial charge >= 0.3 is 0 Å². The van der Waals surface area contributed by atoms with Gasteiger partial charge in [0.05, 0.1) is 5.02 Å². The summed E-state index contributed by atoms with van der Waals surface area (Å²) in [6, 6.07) is 4.61. The molecule has 0 spiro atoms. The molecule has 1 heterocycles. The van der Waals surface area contributed by atoms with E-state index in [4.69, 9.17) is 16.0 Å². The first kappa shape index (κ1) is 11.1. The van der Waals surface area contributed by atoms with E-state index >= 15 is 0 Å². The normalized spacial score (nSPS) is 11.3. The minimum atomic E-state index is -0.623. The van der Waals surface area contributed by atoms with E-state index in [-0.39, 0.29) is 28.1 Å². The fourth-order valence-electron chi connectivity index (χ4n) is 1.45. The van der Waals surface area contributed by atoms with Crippen LogP contribution in [-0.2, 0) is 0 Å². The van der Waals surface area contributed by atoms with E-state index in [0.717, 1.165) is 0 Å². The van der Waals surface area contributed by atoms with Gasteiger partial charge in [-0.05, 0) is 18.2 Å². The third-order valence-corrected chi connectivity index (χ3v) is 2.64. The van der Waals surface area contributed by atoms with Crippen LogP contribution in [0.5, 0.6) is 0 Å². The Morgan fingerprint density at radius 1 is 1.44 bits per heavy atom. The number of fused-ring (bicyclic) bond motifs is 1. The van der Waals surface area contributed by atoms with E-state index in [0.29, 0.717) is 5.39 Å². The van der Waals surface area contributed by atoms with Gasteiger partial charge in [-0.2, -0.15) is 0 Å². The molecule has 0 bridgehead atoms. The third-order valence-electron chi connectivity index (χ3n) is 2.35. The summed E-state index contributed by atoms with van der Waals surface area (Å²) in [5.41, 5.74) is 0.0384. The summed E-state index contributed by atoms with van der Waals surface area (Å²) in [4.78, 5) is 11.7. The summed E-state index contributed by atoms with van der Waals surface area (Å²) >= 11 is 5.62. The number of rotatable bonds is 2. The van der Waals surface area contributed by atoms with Crippen LogP contribution >= 0.6 is 11.6 Å². The Labute approximate surface area is 97.0 Å². The van der Waals surface area contributed by atoms with E-state index in [1.165, 1.54) is 12.1 Å². The maximum absolute atomic E-state index is 13.5. The average Bonchev–Trinajstić information content (AvgIpc) is 2.67. The lowest BCUT2D eigenvalue weighted by Crippen LogP contribution is -2.05. The van der Waals surface area contributed by atoms with Gasteiger partial charge in [0.15, 0.2) is 17.2 Å². The molecular weight excluding hydrogens is 231 g/mol. The first-order valence-electron chi connectivity index (χ1n) is 4.92. The highest BCUT2D eigenvalue weighted by Gasteiger charge is 2.18. The van der Waals surface area contributed by atoms with Crippen molar-refractivity contribution < 1.29 is 13.6 Å². The van der Waals surface area contributed by atoms with Crippen molar-refractivity contribution in [1.29, 1.82) is 0 Å². The molecule has 0 unspecified atom stereocenters. The highest BCUT2D eigenvalue weighted by molar-refractivity contribution is 6.31. The van der Waals surface area contributed by atoms with Crippen molar-refractivity contribution in [3.05, 3.63) is 34.8 Å². The topological polar surface area (TPSA) is 30.2 Å². The van der Waals surface area contributed by atoms with Gasteiger partial charge in [0.25, 0.3) is 0 Å². The smallest absolute Gasteiger partial charge is 0.200 e. The maximum Gasteiger partial charge on any atom is 0.200 e. The zero-order valence-corrected chi connectivity index (χ0v) is 9.64. The lowest BCUT2D eigenvalue weighted by Gasteiger charge is -1.98. The van der Waals surface area contributed by atoms with Crippen molar-refractivity contribution in [3.8, 4) is 0 Å². The van der Waals surface area contributed by atoms with Crippen LogP contribution < -0.4 is 0 Å². The molecule has 0 aliphatic rings. The molecule has 1 aromatic carbocycles. The molecule has 1 aromatic heterocycles. The molecule has 2 rings (SSSR count). The van der Waals surface area contributed by atoms with Crippen LogP contribution in [0.25, 0.3) is 11.0 Å². The van der Waals surface area contributed by atoms with E-state index in [1.54, 1.807) is 19.9 Å². The van der Waals surface area contributed by atoms with Crippen LogP contribution in [0, 0.1) is 11.7 Å². The fraction of sp³-hybridized carbons (Fsp3) is 0.250. The van der Waals surface area contributed by atoms with E-state index in [1.807, 2.05) is 0 Å². The zero-order valence-electron chi connectivity index (χ0n) is 8.88. The van der Waals surface area contributed by atoms with Crippen molar-refractivity contribution in [2.45, 2.75) is 13.8 Å². The van der Waals surface area contributed by atoms with Crippen molar-refractivity contribution in [2.75, 3.05) is 0 Å². The number of benzene rings is 1. The van der Waals surface area contributed by atoms with Gasteiger partial charge < -0.3 is 4.42 Å². The predicted molar refractivity (Wildman–Crippen MR) is 60.4 cm³/mol. The van der Waals surface area contributed by atoms with Gasteiger partial charge in [0.1, 0.15) is 0 Å². The summed E-state index contributed by atoms with van der Waals surface area (Å²) in [5, 5.41) is 0.538. The Bertz CT molecular complexity index is 557. The standard InChI is InChI=1S/C12H10ClFO2/c1-6(2)11(15)9-5-7-3-4-8(13)10(14)12(7)16-9/h3-6H,1-2H3. The van der Waals surface area contributed by atoms with E-state index in [2.05, 4.69) is 0 Å². The molecule has 2 aromatic rings. The first-order valence-corrected chi connectivity index (χ1v) is 5.30. The molecule has 0 radical (unpaired) electrons. The van der Waals surface area contributed by atoms with Crippen molar-refractivity contribution >= 4 is 28.4 Å². The second kappa shape index (κ2) is 3.91. The Morgan fingerprint density at radius 3 is 2.75 bits per heavy atom. The Morgan fingerprint density at radius 2 is 2.12 bits per heavy atom. The quantitative estimate of drug-likeness (QED) is 0.741. The number of furan rings is 1. The summed E-state index contributed by atoms with van der Waals surface area (Å²) in [6.07, 6.45) is 0. The number of halogens is 2. The van der Waals surface area contributed by atoms with Crippen LogP contribution in [0.4, 0.5) is 4.39 Å². The molecule has 0 fully saturated rings. The first-order chi connectivity index (χ1) is 7.50. The monoisotopic (exact) mass is 240 g/mol. The number of carbonyl (C=O) groups excluding carboxylic acids is 1. The molecular formula is C12H10ClFO2. The van der Waals surface area contributed by atoms with Crippen molar-refractivity contribution in [2.24, 2.45) is 5.92 Å². The minimum absolute atomic E-state index is 0.00889. The number of hydrogen-bond donors (Lipinski definition) is 0. The number of hydrogen-bond acceptors (Lipinski definition) is 2. The van der Waals surface area contributed by atoms with Gasteiger partial charge in [0.2, 0.25) is 5.78 Å². The molecule has 16 heavy (non-hydrogen) atoms. The molecule has 0 atom stereocenters. The summed E-state index contributed by atoms with van der Waals surface area (Å²) in [5.74, 6) is -0.779. The van der Waals surface area contributed by atoms with Crippen LogP contribution in [0.2, 0.25) is 5.02 Å². The summed E-state index contributed by atoms with van der Waals surface area (Å²) in [7, 11) is 0. The van der Waals surface area contributed by atoms with Crippen LogP contribution in [0.3, 0.4) is 0 Å². The molecule has 0 amide bonds. The molecule has 0 N–H and O–H groups in total. The van der Waals surface area contributed by atoms with Gasteiger partial charge in [0, 0.05) is 11.3 Å². The zero-order chi connectivity index (χ0) is 11.9. The largest absolute Gasteiger partial charge is 0.450 e. The fourth-order valence-corrected chi connectivity index (χ4v) is 1.60. The van der Waals surface area contributed by atoms with Crippen molar-refractivity contribution in [1.82, 2.24) is 0 Å². The molecule has 0 aliphatic carbocycles. The SMILES string of the molecule is CC(C)C(=O)c1cc2ccc(Cl)c(F)c2o1. The summed E-state index contributed by atoms with van der Waals surface area (Å²) < 4.78 is 18.7. The van der Waals surface area contributed by atoms with Gasteiger partial charge in [-0.3, -0.25) is 4.79 Å². The maximum atomic E-state index is 13.5. The van der Waals surface area contributed by atoms with E-state index < -0.39 is 5.82 Å². The molecule has 0 saturated carbocycles. The molecule has 84 valence electrons. The highest BCUT2D eigenvalue weighted by Crippen LogP contribution is 2.28. The summed E-state index contributed by atoms with van der Waals surface area (Å²) in [6.45, 7) is 3.53. The van der Waals surface area contributed by atoms with Gasteiger partial charge in [-0.1, -0.05) is 25.4 Å². The van der Waals surface area contributed by atoms with Crippen LogP contribution in [0.1, 0.15) is 24.4 Å². The number of carbonyl (C=O) groups is 1. The van der Waals surface area contributed by atoms with Crippen molar-refractivity contribution in [3.63, 3.8) is 0 Å². The minimum Gasteiger partial charge on any atom is -0.450 e. The van der Waals surface area contributed by atoms with Crippen LogP contribution in [0.15, 0.2) is 22.6 Å². The lowest BCUT2D eigenvalue weighted by molar-refractivity contribution is 0.0913. The number of Topliss-reactive ketones (excluding diaryl/α,β-unsaturated/α-hetero) is 1. The predicted octanol–water partition coefficient (Wildman–Crippen LogP) is 4.06. The van der Waals surface area contributed by atoms with Crippen LogP contribution in [-0.4, -0.2) is 5.78 Å².